The largest absolute Gasteiger partial charge is 0.440 e. The quantitative estimate of drug-likeness (QED) is 0.852. The summed E-state index contributed by atoms with van der Waals surface area (Å²) in [5, 5.41) is 3.12. The van der Waals surface area contributed by atoms with Gasteiger partial charge in [0.05, 0.1) is 11.8 Å². The predicted molar refractivity (Wildman–Crippen MR) is 71.8 cm³/mol. The van der Waals surface area contributed by atoms with Gasteiger partial charge >= 0.3 is 0 Å². The third kappa shape index (κ3) is 3.39. The molecule has 0 saturated heterocycles. The molecule has 1 aromatic heterocycles. The lowest BCUT2D eigenvalue weighted by atomic mass is 10.1. The molecule has 6 heteroatoms. The van der Waals surface area contributed by atoms with Crippen LogP contribution in [0, 0.1) is 11.6 Å². The van der Waals surface area contributed by atoms with Gasteiger partial charge in [-0.25, -0.2) is 13.8 Å². The number of rotatable bonds is 5. The number of nitrogens with one attached hydrogen (secondary N) is 1. The molecule has 0 fully saturated rings. The smallest absolute Gasteiger partial charge is 0.196 e. The van der Waals surface area contributed by atoms with E-state index in [-0.39, 0.29) is 11.3 Å². The number of aromatic nitrogens is 1. The first-order valence-corrected chi connectivity index (χ1v) is 6.71. The number of likely N-dealkylation sites (N-methyl/N-ethyl adjacent to an activating group) is 1. The first kappa shape index (κ1) is 14.1. The van der Waals surface area contributed by atoms with E-state index in [2.05, 4.69) is 26.2 Å². The summed E-state index contributed by atoms with van der Waals surface area (Å²) in [6, 6.07) is 2.39. The number of benzene rings is 1. The van der Waals surface area contributed by atoms with Gasteiger partial charge < -0.3 is 9.73 Å². The average molecular weight is 331 g/mol. The van der Waals surface area contributed by atoms with Gasteiger partial charge in [0.15, 0.2) is 11.7 Å². The third-order valence-corrected chi connectivity index (χ3v) is 3.03. The zero-order chi connectivity index (χ0) is 13.8. The maximum atomic E-state index is 13.7. The van der Waals surface area contributed by atoms with Gasteiger partial charge in [-0.15, -0.1) is 0 Å². The molecule has 0 radical (unpaired) electrons. The van der Waals surface area contributed by atoms with Crippen molar-refractivity contribution in [3.05, 3.63) is 40.3 Å². The van der Waals surface area contributed by atoms with E-state index in [0.29, 0.717) is 23.3 Å². The molecule has 0 saturated carbocycles. The van der Waals surface area contributed by atoms with Crippen molar-refractivity contribution >= 4 is 15.9 Å². The molecule has 0 spiro atoms. The predicted octanol–water partition coefficient (Wildman–Crippen LogP) is 3.53. The summed E-state index contributed by atoms with van der Waals surface area (Å²) in [5.41, 5.74) is -0.189. The zero-order valence-corrected chi connectivity index (χ0v) is 11.9. The minimum Gasteiger partial charge on any atom is -0.440 e. The van der Waals surface area contributed by atoms with Crippen molar-refractivity contribution < 1.29 is 13.2 Å². The summed E-state index contributed by atoms with van der Waals surface area (Å²) in [6.07, 6.45) is 1.92. The average Bonchev–Trinajstić information content (AvgIpc) is 2.76. The molecule has 0 aliphatic heterocycles. The topological polar surface area (TPSA) is 38.1 Å². The number of hydrogen-bond acceptors (Lipinski definition) is 3. The van der Waals surface area contributed by atoms with Crippen LogP contribution < -0.4 is 5.32 Å². The van der Waals surface area contributed by atoms with E-state index in [1.165, 1.54) is 18.3 Å². The fourth-order valence-electron chi connectivity index (χ4n) is 1.69. The Hall–Kier alpha value is -1.27. The van der Waals surface area contributed by atoms with Crippen molar-refractivity contribution in [2.75, 3.05) is 13.1 Å². The van der Waals surface area contributed by atoms with Crippen molar-refractivity contribution in [2.24, 2.45) is 0 Å². The van der Waals surface area contributed by atoms with Crippen molar-refractivity contribution in [3.8, 4) is 11.3 Å². The SMILES string of the molecule is CCNCCc1ncc(-c2c(F)cc(Br)cc2F)o1. The molecule has 0 amide bonds. The number of nitrogens with zero attached hydrogens (tertiary/aromatic N) is 1. The molecule has 1 heterocycles. The molecule has 102 valence electrons. The zero-order valence-electron chi connectivity index (χ0n) is 10.3. The van der Waals surface area contributed by atoms with E-state index < -0.39 is 11.6 Å². The molecular weight excluding hydrogens is 318 g/mol. The minimum atomic E-state index is -0.679. The normalized spacial score (nSPS) is 10.9. The van der Waals surface area contributed by atoms with Crippen LogP contribution in [0.3, 0.4) is 0 Å². The first-order chi connectivity index (χ1) is 9.11. The maximum Gasteiger partial charge on any atom is 0.196 e. The minimum absolute atomic E-state index is 0.106. The van der Waals surface area contributed by atoms with Gasteiger partial charge in [-0.2, -0.15) is 0 Å². The van der Waals surface area contributed by atoms with Crippen molar-refractivity contribution in [2.45, 2.75) is 13.3 Å². The highest BCUT2D eigenvalue weighted by molar-refractivity contribution is 9.10. The molecule has 3 nitrogen and oxygen atoms in total. The second-order valence-corrected chi connectivity index (χ2v) is 4.88. The van der Waals surface area contributed by atoms with Crippen LogP contribution in [0.5, 0.6) is 0 Å². The molecule has 2 aromatic rings. The standard InChI is InChI=1S/C13H13BrF2N2O/c1-2-17-4-3-12-18-7-11(19-12)13-9(15)5-8(14)6-10(13)16/h5-7,17H,2-4H2,1H3. The Balaban J connectivity index is 2.23. The molecule has 1 aromatic carbocycles. The van der Waals surface area contributed by atoms with E-state index >= 15 is 0 Å². The second kappa shape index (κ2) is 6.25. The Bertz CT molecular complexity index is 549. The van der Waals surface area contributed by atoms with Gasteiger partial charge in [-0.3, -0.25) is 0 Å². The Labute approximate surface area is 118 Å². The van der Waals surface area contributed by atoms with Crippen LogP contribution >= 0.6 is 15.9 Å². The Morgan fingerprint density at radius 2 is 2.00 bits per heavy atom. The van der Waals surface area contributed by atoms with Gasteiger partial charge in [0, 0.05) is 17.4 Å². The molecular formula is C13H13BrF2N2O. The van der Waals surface area contributed by atoms with E-state index in [9.17, 15) is 8.78 Å². The van der Waals surface area contributed by atoms with Crippen LogP contribution in [-0.4, -0.2) is 18.1 Å². The highest BCUT2D eigenvalue weighted by Gasteiger charge is 2.17. The van der Waals surface area contributed by atoms with Crippen molar-refractivity contribution in [3.63, 3.8) is 0 Å². The highest BCUT2D eigenvalue weighted by Crippen LogP contribution is 2.29. The van der Waals surface area contributed by atoms with E-state index in [4.69, 9.17) is 4.42 Å². The Morgan fingerprint density at radius 3 is 2.63 bits per heavy atom. The second-order valence-electron chi connectivity index (χ2n) is 3.97. The lowest BCUT2D eigenvalue weighted by Crippen LogP contribution is -2.16. The first-order valence-electron chi connectivity index (χ1n) is 5.92. The van der Waals surface area contributed by atoms with Crippen LogP contribution in [0.1, 0.15) is 12.8 Å². The van der Waals surface area contributed by atoms with E-state index in [0.717, 1.165) is 6.54 Å². The van der Waals surface area contributed by atoms with Gasteiger partial charge in [-0.1, -0.05) is 22.9 Å². The summed E-state index contributed by atoms with van der Waals surface area (Å²) in [4.78, 5) is 4.02. The van der Waals surface area contributed by atoms with Gasteiger partial charge in [0.2, 0.25) is 0 Å². The van der Waals surface area contributed by atoms with Crippen LogP contribution in [0.25, 0.3) is 11.3 Å². The van der Waals surface area contributed by atoms with Crippen LogP contribution in [0.2, 0.25) is 0 Å². The molecule has 2 rings (SSSR count). The highest BCUT2D eigenvalue weighted by atomic mass is 79.9. The summed E-state index contributed by atoms with van der Waals surface area (Å²) < 4.78 is 33.2. The van der Waals surface area contributed by atoms with Gasteiger partial charge in [0.1, 0.15) is 11.6 Å². The number of halogens is 3. The molecule has 19 heavy (non-hydrogen) atoms. The van der Waals surface area contributed by atoms with Crippen molar-refractivity contribution in [1.29, 1.82) is 0 Å². The Morgan fingerprint density at radius 1 is 1.32 bits per heavy atom. The van der Waals surface area contributed by atoms with E-state index in [1.54, 1.807) is 0 Å². The molecule has 0 bridgehead atoms. The van der Waals surface area contributed by atoms with Crippen LogP contribution in [-0.2, 0) is 6.42 Å². The fraction of sp³-hybridized carbons (Fsp3) is 0.308. The summed E-state index contributed by atoms with van der Waals surface area (Å²) in [7, 11) is 0. The molecule has 1 N–H and O–H groups in total. The third-order valence-electron chi connectivity index (χ3n) is 2.57. The monoisotopic (exact) mass is 330 g/mol. The molecule has 0 aliphatic carbocycles. The van der Waals surface area contributed by atoms with E-state index in [1.807, 2.05) is 6.92 Å². The fourth-order valence-corrected chi connectivity index (χ4v) is 2.09. The number of oxazole rings is 1. The molecule has 0 aliphatic rings. The van der Waals surface area contributed by atoms with Crippen LogP contribution in [0.4, 0.5) is 8.78 Å². The van der Waals surface area contributed by atoms with Crippen molar-refractivity contribution in [1.82, 2.24) is 10.3 Å². The summed E-state index contributed by atoms with van der Waals surface area (Å²) in [6.45, 7) is 3.55. The summed E-state index contributed by atoms with van der Waals surface area (Å²) in [5.74, 6) is -0.797. The lowest BCUT2D eigenvalue weighted by Gasteiger charge is -2.02. The Kier molecular flexibility index (Phi) is 4.66. The summed E-state index contributed by atoms with van der Waals surface area (Å²) >= 11 is 3.03. The molecule has 0 unspecified atom stereocenters. The number of hydrogen-bond donors (Lipinski definition) is 1. The molecule has 0 atom stereocenters. The maximum absolute atomic E-state index is 13.7. The van der Waals surface area contributed by atoms with Crippen LogP contribution in [0.15, 0.2) is 27.2 Å². The lowest BCUT2D eigenvalue weighted by molar-refractivity contribution is 0.488. The van der Waals surface area contributed by atoms with Gasteiger partial charge in [-0.05, 0) is 18.7 Å². The van der Waals surface area contributed by atoms with Gasteiger partial charge in [0.25, 0.3) is 0 Å².